The van der Waals surface area contributed by atoms with Gasteiger partial charge in [0.25, 0.3) is 10.2 Å². The lowest BCUT2D eigenvalue weighted by Crippen LogP contribution is -2.41. The molecular weight excluding hydrogens is 350 g/mol. The number of nitrogens with zero attached hydrogens (tertiary/aromatic N) is 2. The standard InChI is InChI=1S/C15H25N3O4S2/c1-17(2)23(19,20)15-10-6-5-9-14(15)13-16-24(21,22)18-11-7-3-4-8-12-18/h5-6,9-10,16H,3-4,7-8,11-13H2,1-2H3. The fraction of sp³-hybridized carbons (Fsp3) is 0.600. The van der Waals surface area contributed by atoms with Gasteiger partial charge in [-0.15, -0.1) is 0 Å². The lowest BCUT2D eigenvalue weighted by molar-refractivity contribution is 0.414. The van der Waals surface area contributed by atoms with Crippen LogP contribution >= 0.6 is 0 Å². The Hall–Kier alpha value is -1.00. The lowest BCUT2D eigenvalue weighted by Gasteiger charge is -2.21. The van der Waals surface area contributed by atoms with Gasteiger partial charge < -0.3 is 0 Å². The van der Waals surface area contributed by atoms with Crippen molar-refractivity contribution in [1.82, 2.24) is 13.3 Å². The van der Waals surface area contributed by atoms with Gasteiger partial charge in [0, 0.05) is 33.7 Å². The average Bonchev–Trinajstić information content (AvgIpc) is 2.83. The van der Waals surface area contributed by atoms with Gasteiger partial charge in [-0.25, -0.2) is 12.7 Å². The van der Waals surface area contributed by atoms with E-state index < -0.39 is 20.2 Å². The maximum Gasteiger partial charge on any atom is 0.279 e. The van der Waals surface area contributed by atoms with E-state index in [1.54, 1.807) is 18.2 Å². The molecule has 1 N–H and O–H groups in total. The second kappa shape index (κ2) is 7.92. The minimum Gasteiger partial charge on any atom is -0.207 e. The van der Waals surface area contributed by atoms with Gasteiger partial charge >= 0.3 is 0 Å². The van der Waals surface area contributed by atoms with Crippen molar-refractivity contribution in [2.24, 2.45) is 0 Å². The first kappa shape index (κ1) is 19.3. The predicted molar refractivity (Wildman–Crippen MR) is 93.1 cm³/mol. The van der Waals surface area contributed by atoms with E-state index >= 15 is 0 Å². The van der Waals surface area contributed by atoms with E-state index in [2.05, 4.69) is 4.72 Å². The molecule has 2 rings (SSSR count). The number of sulfonamides is 1. The molecular formula is C15H25N3O4S2. The first-order valence-corrected chi connectivity index (χ1v) is 10.9. The molecule has 136 valence electrons. The van der Waals surface area contributed by atoms with E-state index in [0.29, 0.717) is 18.7 Å². The van der Waals surface area contributed by atoms with Crippen molar-refractivity contribution in [1.29, 1.82) is 0 Å². The molecule has 0 radical (unpaired) electrons. The van der Waals surface area contributed by atoms with Crippen LogP contribution in [0, 0.1) is 0 Å². The Kier molecular flexibility index (Phi) is 6.38. The van der Waals surface area contributed by atoms with Crippen LogP contribution in [0.2, 0.25) is 0 Å². The van der Waals surface area contributed by atoms with Gasteiger partial charge in [-0.1, -0.05) is 31.0 Å². The maximum atomic E-state index is 12.5. The molecule has 0 amide bonds. The van der Waals surface area contributed by atoms with E-state index in [-0.39, 0.29) is 11.4 Å². The molecule has 1 aromatic rings. The largest absolute Gasteiger partial charge is 0.279 e. The fourth-order valence-electron chi connectivity index (χ4n) is 2.64. The van der Waals surface area contributed by atoms with Gasteiger partial charge in [0.15, 0.2) is 0 Å². The molecule has 7 nitrogen and oxygen atoms in total. The zero-order valence-electron chi connectivity index (χ0n) is 14.1. The molecule has 0 bridgehead atoms. The second-order valence-corrected chi connectivity index (χ2v) is 9.91. The number of nitrogens with one attached hydrogen (secondary N) is 1. The first-order valence-electron chi connectivity index (χ1n) is 8.00. The molecule has 0 saturated carbocycles. The summed E-state index contributed by atoms with van der Waals surface area (Å²) in [5, 5.41) is 0. The SMILES string of the molecule is CN(C)S(=O)(=O)c1ccccc1CNS(=O)(=O)N1CCCCCC1. The average molecular weight is 376 g/mol. The molecule has 1 aliphatic rings. The predicted octanol–water partition coefficient (Wildman–Crippen LogP) is 1.15. The normalized spacial score (nSPS) is 17.8. The molecule has 0 aliphatic carbocycles. The molecule has 1 fully saturated rings. The zero-order valence-corrected chi connectivity index (χ0v) is 15.7. The van der Waals surface area contributed by atoms with Crippen LogP contribution in [0.1, 0.15) is 31.2 Å². The van der Waals surface area contributed by atoms with Crippen molar-refractivity contribution in [3.8, 4) is 0 Å². The Morgan fingerprint density at radius 2 is 1.58 bits per heavy atom. The van der Waals surface area contributed by atoms with Crippen LogP contribution in [-0.4, -0.2) is 52.6 Å². The van der Waals surface area contributed by atoms with Crippen molar-refractivity contribution in [2.75, 3.05) is 27.2 Å². The van der Waals surface area contributed by atoms with Crippen LogP contribution < -0.4 is 4.72 Å². The molecule has 24 heavy (non-hydrogen) atoms. The van der Waals surface area contributed by atoms with Crippen molar-refractivity contribution in [3.63, 3.8) is 0 Å². The third kappa shape index (κ3) is 4.54. The highest BCUT2D eigenvalue weighted by Gasteiger charge is 2.25. The zero-order chi connectivity index (χ0) is 17.8. The van der Waals surface area contributed by atoms with Gasteiger partial charge in [-0.2, -0.15) is 17.4 Å². The van der Waals surface area contributed by atoms with Crippen LogP contribution in [0.4, 0.5) is 0 Å². The summed E-state index contributed by atoms with van der Waals surface area (Å²) in [6, 6.07) is 6.44. The number of rotatable bonds is 6. The maximum absolute atomic E-state index is 12.5. The van der Waals surface area contributed by atoms with Gasteiger partial charge in [0.05, 0.1) is 4.90 Å². The van der Waals surface area contributed by atoms with Crippen LogP contribution in [0.5, 0.6) is 0 Å². The molecule has 9 heteroatoms. The molecule has 0 unspecified atom stereocenters. The molecule has 1 saturated heterocycles. The lowest BCUT2D eigenvalue weighted by atomic mass is 10.2. The van der Waals surface area contributed by atoms with Gasteiger partial charge in [-0.3, -0.25) is 0 Å². The van der Waals surface area contributed by atoms with Gasteiger partial charge in [0.2, 0.25) is 10.0 Å². The summed E-state index contributed by atoms with van der Waals surface area (Å²) in [4.78, 5) is 0.119. The monoisotopic (exact) mass is 375 g/mol. The summed E-state index contributed by atoms with van der Waals surface area (Å²) in [7, 11) is -4.33. The van der Waals surface area contributed by atoms with Crippen LogP contribution in [0.25, 0.3) is 0 Å². The van der Waals surface area contributed by atoms with E-state index in [1.165, 1.54) is 24.5 Å². The summed E-state index contributed by atoms with van der Waals surface area (Å²) in [6.45, 7) is 0.960. The first-order chi connectivity index (χ1) is 11.2. The number of benzene rings is 1. The van der Waals surface area contributed by atoms with Gasteiger partial charge in [-0.05, 0) is 24.5 Å². The third-order valence-electron chi connectivity index (χ3n) is 4.08. The molecule has 0 atom stereocenters. The van der Waals surface area contributed by atoms with E-state index in [0.717, 1.165) is 30.0 Å². The van der Waals surface area contributed by atoms with Gasteiger partial charge in [0.1, 0.15) is 0 Å². The Morgan fingerprint density at radius 3 is 2.17 bits per heavy atom. The third-order valence-corrected chi connectivity index (χ3v) is 7.55. The molecule has 1 aromatic carbocycles. The molecule has 1 heterocycles. The highest BCUT2D eigenvalue weighted by atomic mass is 32.2. The summed E-state index contributed by atoms with van der Waals surface area (Å²) in [6.07, 6.45) is 3.78. The van der Waals surface area contributed by atoms with Crippen molar-refractivity contribution >= 4 is 20.2 Å². The molecule has 0 aromatic heterocycles. The van der Waals surface area contributed by atoms with E-state index in [1.807, 2.05) is 0 Å². The fourth-order valence-corrected chi connectivity index (χ4v) is 5.02. The summed E-state index contributed by atoms with van der Waals surface area (Å²) < 4.78 is 54.8. The summed E-state index contributed by atoms with van der Waals surface area (Å²) >= 11 is 0. The minimum atomic E-state index is -3.62. The Bertz CT molecular complexity index is 753. The summed E-state index contributed by atoms with van der Waals surface area (Å²) in [5.74, 6) is 0. The molecule has 1 aliphatic heterocycles. The quantitative estimate of drug-likeness (QED) is 0.808. The Balaban J connectivity index is 2.17. The number of hydrogen-bond acceptors (Lipinski definition) is 4. The van der Waals surface area contributed by atoms with Crippen LogP contribution in [-0.2, 0) is 26.8 Å². The van der Waals surface area contributed by atoms with E-state index in [9.17, 15) is 16.8 Å². The highest BCUT2D eigenvalue weighted by molar-refractivity contribution is 7.89. The smallest absolute Gasteiger partial charge is 0.207 e. The van der Waals surface area contributed by atoms with Crippen molar-refractivity contribution in [3.05, 3.63) is 29.8 Å². The Morgan fingerprint density at radius 1 is 1.00 bits per heavy atom. The Labute approximate surface area is 144 Å². The minimum absolute atomic E-state index is 0.0535. The topological polar surface area (TPSA) is 86.8 Å². The van der Waals surface area contributed by atoms with Crippen molar-refractivity contribution in [2.45, 2.75) is 37.1 Å². The van der Waals surface area contributed by atoms with E-state index in [4.69, 9.17) is 0 Å². The second-order valence-electron chi connectivity index (χ2n) is 6.03. The number of hydrogen-bond donors (Lipinski definition) is 1. The highest BCUT2D eigenvalue weighted by Crippen LogP contribution is 2.19. The van der Waals surface area contributed by atoms with Crippen LogP contribution in [0.3, 0.4) is 0 Å². The summed E-state index contributed by atoms with van der Waals surface area (Å²) in [5.41, 5.74) is 0.435. The van der Waals surface area contributed by atoms with Crippen LogP contribution in [0.15, 0.2) is 29.2 Å². The molecule has 0 spiro atoms. The van der Waals surface area contributed by atoms with Crippen molar-refractivity contribution < 1.29 is 16.8 Å².